The molecule has 1 aromatic heterocycles. The van der Waals surface area contributed by atoms with Crippen molar-refractivity contribution in [2.75, 3.05) is 12.4 Å². The molecule has 0 bridgehead atoms. The number of hydrogen-bond donors (Lipinski definition) is 1. The second-order valence-electron chi connectivity index (χ2n) is 5.44. The molecule has 2 atom stereocenters. The van der Waals surface area contributed by atoms with E-state index >= 15 is 0 Å². The zero-order chi connectivity index (χ0) is 15.6. The van der Waals surface area contributed by atoms with E-state index in [-0.39, 0.29) is 29.2 Å². The van der Waals surface area contributed by atoms with Crippen molar-refractivity contribution in [2.45, 2.75) is 45.2 Å². The summed E-state index contributed by atoms with van der Waals surface area (Å²) in [6.07, 6.45) is 4.16. The van der Waals surface area contributed by atoms with Crippen molar-refractivity contribution >= 4 is 17.4 Å². The van der Waals surface area contributed by atoms with E-state index in [9.17, 15) is 14.9 Å². The third kappa shape index (κ3) is 2.96. The number of nitrogens with zero attached hydrogens (tertiary/aromatic N) is 3. The Hall–Kier alpha value is -2.18. The van der Waals surface area contributed by atoms with Crippen LogP contribution >= 0.6 is 0 Å². The highest BCUT2D eigenvalue weighted by molar-refractivity contribution is 5.99. The lowest BCUT2D eigenvalue weighted by Gasteiger charge is -2.39. The highest BCUT2D eigenvalue weighted by Crippen LogP contribution is 2.27. The zero-order valence-corrected chi connectivity index (χ0v) is 12.5. The highest BCUT2D eigenvalue weighted by atomic mass is 16.6. The fourth-order valence-electron chi connectivity index (χ4n) is 2.88. The average Bonchev–Trinajstić information content (AvgIpc) is 2.46. The van der Waals surface area contributed by atoms with E-state index in [1.807, 2.05) is 18.7 Å². The average molecular weight is 292 g/mol. The lowest BCUT2D eigenvalue weighted by atomic mass is 9.96. The van der Waals surface area contributed by atoms with Crippen molar-refractivity contribution < 1.29 is 9.72 Å². The molecule has 7 nitrogen and oxygen atoms in total. The van der Waals surface area contributed by atoms with Gasteiger partial charge < -0.3 is 10.2 Å². The number of likely N-dealkylation sites (tertiary alicyclic amines) is 1. The molecule has 0 spiro atoms. The van der Waals surface area contributed by atoms with Crippen LogP contribution in [0.25, 0.3) is 0 Å². The first-order valence-electron chi connectivity index (χ1n) is 7.10. The van der Waals surface area contributed by atoms with Crippen LogP contribution in [0, 0.1) is 10.1 Å². The van der Waals surface area contributed by atoms with Crippen LogP contribution in [0.1, 0.15) is 43.5 Å². The quantitative estimate of drug-likeness (QED) is 0.682. The first-order valence-corrected chi connectivity index (χ1v) is 7.10. The Morgan fingerprint density at radius 2 is 2.05 bits per heavy atom. The predicted octanol–water partition coefficient (Wildman–Crippen LogP) is 2.43. The van der Waals surface area contributed by atoms with Crippen LogP contribution in [0.4, 0.5) is 11.5 Å². The van der Waals surface area contributed by atoms with Gasteiger partial charge in [-0.3, -0.25) is 14.9 Å². The number of carbonyl (C=O) groups excluding carboxylic acids is 1. The van der Waals surface area contributed by atoms with Crippen molar-refractivity contribution in [3.63, 3.8) is 0 Å². The maximum atomic E-state index is 12.8. The molecule has 1 N–H and O–H groups in total. The zero-order valence-electron chi connectivity index (χ0n) is 12.5. The number of pyridine rings is 1. The lowest BCUT2D eigenvalue weighted by molar-refractivity contribution is -0.385. The third-order valence-corrected chi connectivity index (χ3v) is 3.98. The highest BCUT2D eigenvalue weighted by Gasteiger charge is 2.31. The van der Waals surface area contributed by atoms with E-state index in [0.29, 0.717) is 5.82 Å². The molecule has 2 rings (SSSR count). The molecule has 1 saturated heterocycles. The van der Waals surface area contributed by atoms with Crippen molar-refractivity contribution in [2.24, 2.45) is 0 Å². The Bertz CT molecular complexity index is 551. The topological polar surface area (TPSA) is 88.4 Å². The molecule has 1 aromatic rings. The Morgan fingerprint density at radius 1 is 1.43 bits per heavy atom. The van der Waals surface area contributed by atoms with Gasteiger partial charge in [-0.25, -0.2) is 4.98 Å². The maximum Gasteiger partial charge on any atom is 0.288 e. The van der Waals surface area contributed by atoms with Gasteiger partial charge in [0.15, 0.2) is 0 Å². The van der Waals surface area contributed by atoms with E-state index in [0.717, 1.165) is 25.5 Å². The van der Waals surface area contributed by atoms with E-state index in [1.54, 1.807) is 7.05 Å². The maximum absolute atomic E-state index is 12.8. The Kier molecular flexibility index (Phi) is 4.40. The monoisotopic (exact) mass is 292 g/mol. The van der Waals surface area contributed by atoms with Crippen LogP contribution in [0.3, 0.4) is 0 Å². The molecule has 0 saturated carbocycles. The van der Waals surface area contributed by atoms with Gasteiger partial charge in [0.05, 0.1) is 10.5 Å². The number of nitro groups is 1. The second-order valence-corrected chi connectivity index (χ2v) is 5.44. The number of carbonyl (C=O) groups is 1. The number of rotatable bonds is 3. The van der Waals surface area contributed by atoms with Gasteiger partial charge in [0, 0.05) is 25.2 Å². The molecule has 2 unspecified atom stereocenters. The Morgan fingerprint density at radius 3 is 2.57 bits per heavy atom. The number of nitrogens with one attached hydrogen (secondary N) is 1. The molecule has 1 aliphatic heterocycles. The van der Waals surface area contributed by atoms with Gasteiger partial charge >= 0.3 is 0 Å². The summed E-state index contributed by atoms with van der Waals surface area (Å²) in [5.74, 6) is 0.172. The third-order valence-electron chi connectivity index (χ3n) is 3.98. The smallest absolute Gasteiger partial charge is 0.288 e. The van der Waals surface area contributed by atoms with Gasteiger partial charge in [0.1, 0.15) is 12.0 Å². The van der Waals surface area contributed by atoms with Crippen molar-refractivity contribution in [1.29, 1.82) is 0 Å². The van der Waals surface area contributed by atoms with E-state index in [4.69, 9.17) is 0 Å². The standard InChI is InChI=1S/C14H20N4O3/c1-9-5-4-6-10(2)17(9)14(19)12-7-11(18(20)21)8-16-13(12)15-3/h7-10H,4-6H2,1-3H3,(H,15,16). The number of amides is 1. The summed E-state index contributed by atoms with van der Waals surface area (Å²) in [7, 11) is 1.65. The largest absolute Gasteiger partial charge is 0.372 e. The van der Waals surface area contributed by atoms with E-state index in [2.05, 4.69) is 10.3 Å². The van der Waals surface area contributed by atoms with Gasteiger partial charge in [-0.05, 0) is 33.1 Å². The van der Waals surface area contributed by atoms with Gasteiger partial charge in [0.25, 0.3) is 11.6 Å². The first kappa shape index (κ1) is 15.2. The number of anilines is 1. The normalized spacial score (nSPS) is 22.0. The Labute approximate surface area is 123 Å². The SMILES string of the molecule is CNc1ncc([N+](=O)[O-])cc1C(=O)N1C(C)CCCC1C. The minimum Gasteiger partial charge on any atom is -0.372 e. The minimum absolute atomic E-state index is 0.130. The molecule has 0 aliphatic carbocycles. The number of piperidine rings is 1. The van der Waals surface area contributed by atoms with Gasteiger partial charge in [-0.15, -0.1) is 0 Å². The fraction of sp³-hybridized carbons (Fsp3) is 0.571. The van der Waals surface area contributed by atoms with Crippen LogP contribution in [-0.2, 0) is 0 Å². The minimum atomic E-state index is -0.535. The molecular formula is C14H20N4O3. The van der Waals surface area contributed by atoms with Crippen LogP contribution in [0.2, 0.25) is 0 Å². The fourth-order valence-corrected chi connectivity index (χ4v) is 2.88. The van der Waals surface area contributed by atoms with Crippen molar-refractivity contribution in [1.82, 2.24) is 9.88 Å². The summed E-state index contributed by atoms with van der Waals surface area (Å²) in [5.41, 5.74) is 0.0852. The molecule has 21 heavy (non-hydrogen) atoms. The van der Waals surface area contributed by atoms with Gasteiger partial charge in [0.2, 0.25) is 0 Å². The van der Waals surface area contributed by atoms with Gasteiger partial charge in [-0.2, -0.15) is 0 Å². The summed E-state index contributed by atoms with van der Waals surface area (Å²) in [4.78, 5) is 29.0. The summed E-state index contributed by atoms with van der Waals surface area (Å²) >= 11 is 0. The molecule has 2 heterocycles. The molecule has 7 heteroatoms. The number of aromatic nitrogens is 1. The first-order chi connectivity index (χ1) is 9.95. The van der Waals surface area contributed by atoms with Crippen molar-refractivity contribution in [3.05, 3.63) is 27.9 Å². The lowest BCUT2D eigenvalue weighted by Crippen LogP contribution is -2.47. The summed E-state index contributed by atoms with van der Waals surface area (Å²) in [6.45, 7) is 4.02. The summed E-state index contributed by atoms with van der Waals surface area (Å²) < 4.78 is 0. The van der Waals surface area contributed by atoms with Crippen LogP contribution in [0.15, 0.2) is 12.3 Å². The van der Waals surface area contributed by atoms with Crippen molar-refractivity contribution in [3.8, 4) is 0 Å². The molecule has 1 amide bonds. The van der Waals surface area contributed by atoms with Crippen LogP contribution in [0.5, 0.6) is 0 Å². The molecule has 1 aliphatic rings. The van der Waals surface area contributed by atoms with E-state index in [1.165, 1.54) is 6.07 Å². The second kappa shape index (κ2) is 6.07. The van der Waals surface area contributed by atoms with Crippen LogP contribution < -0.4 is 5.32 Å². The molecular weight excluding hydrogens is 272 g/mol. The summed E-state index contributed by atoms with van der Waals surface area (Å²) in [6, 6.07) is 1.56. The molecule has 0 aromatic carbocycles. The Balaban J connectivity index is 2.41. The van der Waals surface area contributed by atoms with Gasteiger partial charge in [-0.1, -0.05) is 0 Å². The van der Waals surface area contributed by atoms with Crippen LogP contribution in [-0.4, -0.2) is 39.8 Å². The molecule has 0 radical (unpaired) electrons. The number of hydrogen-bond acceptors (Lipinski definition) is 5. The summed E-state index contributed by atoms with van der Waals surface area (Å²) in [5, 5.41) is 13.7. The predicted molar refractivity (Wildman–Crippen MR) is 79.4 cm³/mol. The molecule has 1 fully saturated rings. The van der Waals surface area contributed by atoms with E-state index < -0.39 is 4.92 Å². The molecule has 114 valence electrons.